The highest BCUT2D eigenvalue weighted by molar-refractivity contribution is 7.99. The van der Waals surface area contributed by atoms with E-state index in [1.54, 1.807) is 0 Å². The molecule has 11 heavy (non-hydrogen) atoms. The van der Waals surface area contributed by atoms with Crippen molar-refractivity contribution in [3.05, 3.63) is 17.9 Å². The van der Waals surface area contributed by atoms with E-state index in [4.69, 9.17) is 0 Å². The number of carbonyl (C=O) groups excluding carboxylic acids is 1. The van der Waals surface area contributed by atoms with Gasteiger partial charge in [-0.25, -0.2) is 0 Å². The highest BCUT2D eigenvalue weighted by atomic mass is 32.2. The monoisotopic (exact) mass is 170 g/mol. The molecule has 0 aliphatic carbocycles. The van der Waals surface area contributed by atoms with E-state index in [1.807, 2.05) is 17.8 Å². The van der Waals surface area contributed by atoms with Crippen LogP contribution in [0.1, 0.15) is 20.3 Å². The second-order valence-corrected chi connectivity index (χ2v) is 3.51. The molecule has 0 bridgehead atoms. The number of ketones is 1. The van der Waals surface area contributed by atoms with E-state index >= 15 is 0 Å². The van der Waals surface area contributed by atoms with Crippen molar-refractivity contribution < 1.29 is 4.79 Å². The first-order chi connectivity index (χ1) is 5.27. The summed E-state index contributed by atoms with van der Waals surface area (Å²) >= 11 is 1.90. The van der Waals surface area contributed by atoms with Gasteiger partial charge < -0.3 is 0 Å². The van der Waals surface area contributed by atoms with Gasteiger partial charge in [0.15, 0.2) is 5.78 Å². The Morgan fingerprint density at radius 1 is 1.64 bits per heavy atom. The normalized spacial score (nSPS) is 8.55. The molecule has 0 rings (SSSR count). The Hall–Kier alpha value is -0.460. The van der Waals surface area contributed by atoms with Gasteiger partial charge in [0, 0.05) is 6.08 Å². The minimum atomic E-state index is 0.0596. The summed E-state index contributed by atoms with van der Waals surface area (Å²) in [4.78, 5) is 10.4. The third kappa shape index (κ3) is 9.54. The van der Waals surface area contributed by atoms with Crippen LogP contribution in [0.3, 0.4) is 0 Å². The van der Waals surface area contributed by atoms with Crippen molar-refractivity contribution in [3.63, 3.8) is 0 Å². The lowest BCUT2D eigenvalue weighted by Gasteiger charge is -1.88. The molecule has 0 N–H and O–H groups in total. The second kappa shape index (κ2) is 7.64. The van der Waals surface area contributed by atoms with Gasteiger partial charge in [-0.1, -0.05) is 6.92 Å². The minimum absolute atomic E-state index is 0.0596. The maximum Gasteiger partial charge on any atom is 0.160 e. The van der Waals surface area contributed by atoms with Crippen LogP contribution in [0.5, 0.6) is 0 Å². The molecule has 0 saturated heterocycles. The van der Waals surface area contributed by atoms with E-state index in [2.05, 4.69) is 12.7 Å². The van der Waals surface area contributed by atoms with Gasteiger partial charge in [-0.15, -0.1) is 5.73 Å². The number of thioether (sulfide) groups is 1. The number of carbonyl (C=O) groups is 1. The Balaban J connectivity index is 3.36. The average Bonchev–Trinajstić information content (AvgIpc) is 1.96. The summed E-state index contributed by atoms with van der Waals surface area (Å²) in [5, 5.41) is 0. The van der Waals surface area contributed by atoms with Gasteiger partial charge in [0.25, 0.3) is 0 Å². The van der Waals surface area contributed by atoms with Gasteiger partial charge in [-0.2, -0.15) is 11.8 Å². The topological polar surface area (TPSA) is 17.1 Å². The predicted molar refractivity (Wildman–Crippen MR) is 51.0 cm³/mol. The summed E-state index contributed by atoms with van der Waals surface area (Å²) in [6.45, 7) is 3.67. The number of hydrogen-bond donors (Lipinski definition) is 0. The summed E-state index contributed by atoms with van der Waals surface area (Å²) in [6.07, 6.45) is 4.38. The van der Waals surface area contributed by atoms with Gasteiger partial charge >= 0.3 is 0 Å². The van der Waals surface area contributed by atoms with E-state index < -0.39 is 0 Å². The quantitative estimate of drug-likeness (QED) is 0.358. The molecule has 0 aromatic heterocycles. The van der Waals surface area contributed by atoms with Crippen LogP contribution in [0.25, 0.3) is 0 Å². The molecular formula is C9H14OS. The maximum absolute atomic E-state index is 10.4. The van der Waals surface area contributed by atoms with Crippen LogP contribution in [0.2, 0.25) is 0 Å². The molecule has 1 nitrogen and oxygen atoms in total. The fourth-order valence-electron chi connectivity index (χ4n) is 0.546. The molecule has 62 valence electrons. The maximum atomic E-state index is 10.4. The van der Waals surface area contributed by atoms with Crippen LogP contribution < -0.4 is 0 Å². The summed E-state index contributed by atoms with van der Waals surface area (Å²) in [6, 6.07) is 0. The molecule has 0 heterocycles. The molecule has 0 radical (unpaired) electrons. The lowest BCUT2D eigenvalue weighted by Crippen LogP contribution is -1.77. The third-order valence-electron chi connectivity index (χ3n) is 1.02. The zero-order valence-corrected chi connectivity index (χ0v) is 7.91. The van der Waals surface area contributed by atoms with Crippen molar-refractivity contribution >= 4 is 17.5 Å². The second-order valence-electron chi connectivity index (χ2n) is 2.11. The minimum Gasteiger partial charge on any atom is -0.294 e. The number of allylic oxidation sites excluding steroid dienone is 1. The molecule has 0 aliphatic heterocycles. The van der Waals surface area contributed by atoms with Crippen LogP contribution in [0.4, 0.5) is 0 Å². The Morgan fingerprint density at radius 2 is 2.36 bits per heavy atom. The van der Waals surface area contributed by atoms with E-state index in [0.29, 0.717) is 0 Å². The van der Waals surface area contributed by atoms with Gasteiger partial charge in [0.1, 0.15) is 0 Å². The fourth-order valence-corrected chi connectivity index (χ4v) is 1.12. The number of rotatable bonds is 5. The summed E-state index contributed by atoms with van der Waals surface area (Å²) in [5.74, 6) is 2.34. The van der Waals surface area contributed by atoms with Crippen LogP contribution in [-0.4, -0.2) is 17.3 Å². The lowest BCUT2D eigenvalue weighted by atomic mass is 10.4. The number of hydrogen-bond acceptors (Lipinski definition) is 2. The van der Waals surface area contributed by atoms with Crippen molar-refractivity contribution in [2.45, 2.75) is 20.3 Å². The van der Waals surface area contributed by atoms with Gasteiger partial charge in [0.05, 0.1) is 0 Å². The molecule has 0 aliphatic rings. The zero-order valence-electron chi connectivity index (χ0n) is 7.09. The highest BCUT2D eigenvalue weighted by Gasteiger charge is 1.80. The fraction of sp³-hybridized carbons (Fsp3) is 0.556. The molecular weight excluding hydrogens is 156 g/mol. The first kappa shape index (κ1) is 10.5. The van der Waals surface area contributed by atoms with Crippen LogP contribution in [0.15, 0.2) is 17.9 Å². The first-order valence-corrected chi connectivity index (χ1v) is 4.92. The summed E-state index contributed by atoms with van der Waals surface area (Å²) < 4.78 is 0. The predicted octanol–water partition coefficient (Wildman–Crippen LogP) is 2.43. The van der Waals surface area contributed by atoms with Crippen molar-refractivity contribution in [2.24, 2.45) is 0 Å². The standard InChI is InChI=1S/C9H14OS/c1-3-11-8-6-4-5-7-9(2)10/h4,7H,3,6,8H2,1-2H3. The molecule has 0 saturated carbocycles. The third-order valence-corrected chi connectivity index (χ3v) is 1.95. The highest BCUT2D eigenvalue weighted by Crippen LogP contribution is 2.00. The Kier molecular flexibility index (Phi) is 7.33. The smallest absolute Gasteiger partial charge is 0.160 e. The molecule has 0 aromatic rings. The molecule has 2 heteroatoms. The van der Waals surface area contributed by atoms with Crippen LogP contribution in [0, 0.1) is 0 Å². The van der Waals surface area contributed by atoms with Crippen molar-refractivity contribution in [1.82, 2.24) is 0 Å². The SMILES string of the molecule is CCSCCC=C=CC(C)=O. The van der Waals surface area contributed by atoms with Crippen molar-refractivity contribution in [2.75, 3.05) is 11.5 Å². The summed E-state index contributed by atoms with van der Waals surface area (Å²) in [7, 11) is 0. The molecule has 0 fully saturated rings. The van der Waals surface area contributed by atoms with E-state index in [-0.39, 0.29) is 5.78 Å². The average molecular weight is 170 g/mol. The van der Waals surface area contributed by atoms with E-state index in [1.165, 1.54) is 13.0 Å². The van der Waals surface area contributed by atoms with Gasteiger partial charge in [-0.3, -0.25) is 4.79 Å². The van der Waals surface area contributed by atoms with Gasteiger partial charge in [0.2, 0.25) is 0 Å². The van der Waals surface area contributed by atoms with Crippen molar-refractivity contribution in [3.8, 4) is 0 Å². The molecule has 0 unspecified atom stereocenters. The summed E-state index contributed by atoms with van der Waals surface area (Å²) in [5.41, 5.74) is 2.83. The molecule has 0 spiro atoms. The lowest BCUT2D eigenvalue weighted by molar-refractivity contribution is -0.112. The largest absolute Gasteiger partial charge is 0.294 e. The zero-order chi connectivity index (χ0) is 8.53. The van der Waals surface area contributed by atoms with Crippen molar-refractivity contribution in [1.29, 1.82) is 0 Å². The Morgan fingerprint density at radius 3 is 2.91 bits per heavy atom. The Bertz CT molecular complexity index is 166. The van der Waals surface area contributed by atoms with E-state index in [0.717, 1.165) is 17.9 Å². The molecule has 0 atom stereocenters. The van der Waals surface area contributed by atoms with E-state index in [9.17, 15) is 4.79 Å². The first-order valence-electron chi connectivity index (χ1n) is 3.76. The van der Waals surface area contributed by atoms with Crippen LogP contribution in [-0.2, 0) is 4.79 Å². The van der Waals surface area contributed by atoms with Gasteiger partial charge in [-0.05, 0) is 30.9 Å². The molecule has 0 aromatic carbocycles. The Labute approximate surface area is 72.6 Å². The molecule has 0 amide bonds. The van der Waals surface area contributed by atoms with Crippen LogP contribution >= 0.6 is 11.8 Å².